The number of ether oxygens (including phenoxy) is 1. The van der Waals surface area contributed by atoms with Gasteiger partial charge in [0.05, 0.1) is 18.9 Å². The van der Waals surface area contributed by atoms with E-state index in [4.69, 9.17) is 4.74 Å². The molecule has 10 heteroatoms. The number of aliphatic hydroxyl groups is 2. The Balaban J connectivity index is 1.14. The molecule has 3 saturated carbocycles. The Morgan fingerprint density at radius 2 is 1.82 bits per heavy atom. The molecule has 4 N–H and O–H groups in total. The highest BCUT2D eigenvalue weighted by Crippen LogP contribution is 2.67. The van der Waals surface area contributed by atoms with Gasteiger partial charge in [-0.15, -0.1) is 0 Å². The first-order valence-electron chi connectivity index (χ1n) is 15.9. The molecule has 45 heavy (non-hydrogen) atoms. The van der Waals surface area contributed by atoms with Crippen LogP contribution in [0.15, 0.2) is 54.1 Å². The van der Waals surface area contributed by atoms with E-state index in [0.717, 1.165) is 24.0 Å². The zero-order valence-corrected chi connectivity index (χ0v) is 25.9. The number of carboxylic acid groups (broad SMARTS) is 1. The largest absolute Gasteiger partial charge is 0.481 e. The summed E-state index contributed by atoms with van der Waals surface area (Å²) in [5.41, 5.74) is -1.33. The Bertz CT molecular complexity index is 1420. The highest BCUT2D eigenvalue weighted by molar-refractivity contribution is 6.01. The van der Waals surface area contributed by atoms with Gasteiger partial charge in [0, 0.05) is 35.6 Å². The molecule has 0 radical (unpaired) electrons. The van der Waals surface area contributed by atoms with Crippen LogP contribution in [-0.2, 0) is 28.7 Å². The highest BCUT2D eigenvalue weighted by atomic mass is 16.5. The number of rotatable bonds is 11. The van der Waals surface area contributed by atoms with Crippen LogP contribution in [0.1, 0.15) is 76.7 Å². The minimum atomic E-state index is -1.77. The molecule has 1 amide bonds. The lowest BCUT2D eigenvalue weighted by Gasteiger charge is -2.59. The number of hydrogen-bond acceptors (Lipinski definition) is 8. The lowest BCUT2D eigenvalue weighted by atomic mass is 9.46. The number of amides is 1. The van der Waals surface area contributed by atoms with Gasteiger partial charge in [0.1, 0.15) is 5.60 Å². The van der Waals surface area contributed by atoms with Crippen LogP contribution in [0.2, 0.25) is 0 Å². The van der Waals surface area contributed by atoms with Crippen molar-refractivity contribution in [1.29, 1.82) is 0 Å². The summed E-state index contributed by atoms with van der Waals surface area (Å²) in [5.74, 6) is -3.37. The quantitative estimate of drug-likeness (QED) is 0.271. The number of carbonyl (C=O) groups is 5. The second-order valence-electron chi connectivity index (χ2n) is 13.7. The second kappa shape index (κ2) is 12.6. The van der Waals surface area contributed by atoms with E-state index in [1.165, 1.54) is 0 Å². The zero-order valence-electron chi connectivity index (χ0n) is 25.9. The summed E-state index contributed by atoms with van der Waals surface area (Å²) in [5, 5.41) is 35.3. The molecule has 0 aliphatic heterocycles. The van der Waals surface area contributed by atoms with E-state index in [2.05, 4.69) is 12.2 Å². The SMILES string of the molecule is C[C@]12C=CC(=O)C=C1CC[C@H]1[C@H]2[C@@H](O)C[C@@]2(C)[C@@H]1CC[C@@]2(O)C(=O)COC(=O)CCC(=O)NC[C@H](CC(=O)O)c1ccccc1. The van der Waals surface area contributed by atoms with Gasteiger partial charge in [0.2, 0.25) is 11.7 Å². The fraction of sp³-hybridized carbons (Fsp3) is 0.571. The smallest absolute Gasteiger partial charge is 0.306 e. The van der Waals surface area contributed by atoms with Gasteiger partial charge in [-0.05, 0) is 61.7 Å². The molecule has 5 rings (SSSR count). The Labute approximate surface area is 262 Å². The molecular formula is C35H43NO9. The number of Topliss-reactive ketones (excluding diaryl/α,β-unsaturated/α-hetero) is 1. The number of nitrogens with one attached hydrogen (secondary N) is 1. The highest BCUT2D eigenvalue weighted by Gasteiger charge is 2.68. The van der Waals surface area contributed by atoms with Crippen LogP contribution >= 0.6 is 0 Å². The number of fused-ring (bicyclic) bond motifs is 5. The Morgan fingerprint density at radius 1 is 1.09 bits per heavy atom. The maximum absolute atomic E-state index is 13.5. The number of carboxylic acids is 1. The van der Waals surface area contributed by atoms with E-state index >= 15 is 0 Å². The number of carbonyl (C=O) groups excluding carboxylic acids is 4. The summed E-state index contributed by atoms with van der Waals surface area (Å²) < 4.78 is 5.22. The lowest BCUT2D eigenvalue weighted by Crippen LogP contribution is -2.61. The Kier molecular flexibility index (Phi) is 9.20. The van der Waals surface area contributed by atoms with Crippen molar-refractivity contribution in [1.82, 2.24) is 5.32 Å². The van der Waals surface area contributed by atoms with E-state index in [9.17, 15) is 39.3 Å². The van der Waals surface area contributed by atoms with E-state index in [-0.39, 0.29) is 62.2 Å². The summed E-state index contributed by atoms with van der Waals surface area (Å²) in [6.07, 6.45) is 6.23. The molecule has 4 aliphatic rings. The van der Waals surface area contributed by atoms with E-state index in [1.807, 2.05) is 19.1 Å². The van der Waals surface area contributed by atoms with Crippen molar-refractivity contribution in [3.05, 3.63) is 59.7 Å². The summed E-state index contributed by atoms with van der Waals surface area (Å²) in [6.45, 7) is 3.38. The van der Waals surface area contributed by atoms with Crippen LogP contribution in [0.5, 0.6) is 0 Å². The average Bonchev–Trinajstić information content (AvgIpc) is 3.27. The average molecular weight is 622 g/mol. The third-order valence-electron chi connectivity index (χ3n) is 11.3. The number of aliphatic hydroxyl groups excluding tert-OH is 1. The molecule has 0 unspecified atom stereocenters. The fourth-order valence-electron chi connectivity index (χ4n) is 8.91. The molecule has 4 aliphatic carbocycles. The van der Waals surface area contributed by atoms with Crippen molar-refractivity contribution in [2.75, 3.05) is 13.2 Å². The standard InChI is InChI=1S/C35H43NO9/c1-33-14-12-24(37)17-23(33)8-9-25-26-13-15-35(44,34(26,2)18-27(38)32(25)33)28(39)20-45-31(43)11-10-29(40)36-19-22(16-30(41)42)21-6-4-3-5-7-21/h3-7,12,14,17,22,25-27,32,38,44H,8-11,13,15-16,18-20H2,1-2H3,(H,36,40)(H,41,42)/t22-,25+,26+,27-,32-,33-,34-,35+/m0/s1. The number of benzene rings is 1. The summed E-state index contributed by atoms with van der Waals surface area (Å²) in [4.78, 5) is 61.7. The van der Waals surface area contributed by atoms with Gasteiger partial charge in [-0.25, -0.2) is 0 Å². The first-order chi connectivity index (χ1) is 21.3. The van der Waals surface area contributed by atoms with Crippen LogP contribution in [0.4, 0.5) is 0 Å². The molecule has 0 saturated heterocycles. The normalized spacial score (nSPS) is 34.0. The predicted molar refractivity (Wildman–Crippen MR) is 163 cm³/mol. The monoisotopic (exact) mass is 621 g/mol. The molecule has 0 aromatic heterocycles. The van der Waals surface area contributed by atoms with Gasteiger partial charge in [-0.1, -0.05) is 55.8 Å². The van der Waals surface area contributed by atoms with Gasteiger partial charge in [-0.3, -0.25) is 24.0 Å². The first kappa shape index (κ1) is 32.8. The van der Waals surface area contributed by atoms with Gasteiger partial charge in [0.25, 0.3) is 0 Å². The molecule has 3 fully saturated rings. The number of allylic oxidation sites excluding steroid dienone is 4. The zero-order chi connectivity index (χ0) is 32.6. The minimum absolute atomic E-state index is 0.0236. The van der Waals surface area contributed by atoms with E-state index < -0.39 is 58.7 Å². The molecule has 242 valence electrons. The minimum Gasteiger partial charge on any atom is -0.481 e. The van der Waals surface area contributed by atoms with Gasteiger partial charge in [0.15, 0.2) is 12.4 Å². The molecule has 8 atom stereocenters. The van der Waals surface area contributed by atoms with Gasteiger partial charge < -0.3 is 25.4 Å². The van der Waals surface area contributed by atoms with Crippen molar-refractivity contribution in [3.8, 4) is 0 Å². The van der Waals surface area contributed by atoms with Crippen LogP contribution in [0.25, 0.3) is 0 Å². The summed E-state index contributed by atoms with van der Waals surface area (Å²) in [6, 6.07) is 8.99. The summed E-state index contributed by atoms with van der Waals surface area (Å²) >= 11 is 0. The van der Waals surface area contributed by atoms with Crippen molar-refractivity contribution in [2.45, 2.75) is 82.8 Å². The number of esters is 1. The van der Waals surface area contributed by atoms with Crippen molar-refractivity contribution in [3.63, 3.8) is 0 Å². The molecule has 0 spiro atoms. The Hall–Kier alpha value is -3.63. The molecule has 0 heterocycles. The maximum atomic E-state index is 13.5. The van der Waals surface area contributed by atoms with Crippen LogP contribution < -0.4 is 5.32 Å². The number of aliphatic carboxylic acids is 1. The maximum Gasteiger partial charge on any atom is 0.306 e. The van der Waals surface area contributed by atoms with Gasteiger partial charge >= 0.3 is 11.9 Å². The van der Waals surface area contributed by atoms with Crippen molar-refractivity contribution in [2.24, 2.45) is 28.6 Å². The van der Waals surface area contributed by atoms with Gasteiger partial charge in [-0.2, -0.15) is 0 Å². The van der Waals surface area contributed by atoms with Crippen LogP contribution in [-0.4, -0.2) is 69.6 Å². The third-order valence-corrected chi connectivity index (χ3v) is 11.3. The molecule has 1 aromatic carbocycles. The number of ketones is 2. The molecule has 1 aromatic rings. The van der Waals surface area contributed by atoms with Crippen LogP contribution in [0.3, 0.4) is 0 Å². The van der Waals surface area contributed by atoms with E-state index in [1.54, 1.807) is 36.4 Å². The number of hydrogen-bond donors (Lipinski definition) is 4. The Morgan fingerprint density at radius 3 is 2.53 bits per heavy atom. The molecular weight excluding hydrogens is 578 g/mol. The van der Waals surface area contributed by atoms with Crippen LogP contribution in [0, 0.1) is 28.6 Å². The summed E-state index contributed by atoms with van der Waals surface area (Å²) in [7, 11) is 0. The van der Waals surface area contributed by atoms with Crippen molar-refractivity contribution >= 4 is 29.4 Å². The first-order valence-corrected chi connectivity index (χ1v) is 15.9. The lowest BCUT2D eigenvalue weighted by molar-refractivity contribution is -0.181. The molecule has 0 bridgehead atoms. The van der Waals surface area contributed by atoms with Crippen molar-refractivity contribution < 1.29 is 44.0 Å². The predicted octanol–water partition coefficient (Wildman–Crippen LogP) is 3.26. The molecule has 10 nitrogen and oxygen atoms in total. The third kappa shape index (κ3) is 6.14. The van der Waals surface area contributed by atoms with E-state index in [0.29, 0.717) is 6.42 Å². The fourth-order valence-corrected chi connectivity index (χ4v) is 8.91. The topological polar surface area (TPSA) is 167 Å². The second-order valence-corrected chi connectivity index (χ2v) is 13.7.